The highest BCUT2D eigenvalue weighted by atomic mass is 32.1. The van der Waals surface area contributed by atoms with E-state index in [0.717, 1.165) is 0 Å². The van der Waals surface area contributed by atoms with E-state index in [4.69, 9.17) is 0 Å². The lowest BCUT2D eigenvalue weighted by Crippen LogP contribution is -2.30. The van der Waals surface area contributed by atoms with Crippen LogP contribution in [0.5, 0.6) is 0 Å². The Morgan fingerprint density at radius 2 is 2.36 bits per heavy atom. The molecule has 1 aliphatic carbocycles. The van der Waals surface area contributed by atoms with E-state index in [1.54, 1.807) is 12.2 Å². The summed E-state index contributed by atoms with van der Waals surface area (Å²) in [5.74, 6) is 0. The number of allylic oxidation sites excluding steroid dienone is 2. The number of nitro groups is 1. The van der Waals surface area contributed by atoms with Gasteiger partial charge in [-0.2, -0.15) is 0 Å². The van der Waals surface area contributed by atoms with Crippen molar-refractivity contribution in [1.29, 1.82) is 0 Å². The molecule has 0 radical (unpaired) electrons. The normalized spacial score (nSPS) is 29.8. The number of nitrogens with zero attached hydrogens (tertiary/aromatic N) is 1. The van der Waals surface area contributed by atoms with Gasteiger partial charge in [0.15, 0.2) is 0 Å². The molecule has 0 aromatic rings. The average Bonchev–Trinajstić information content (AvgIpc) is 1.86. The number of rotatable bonds is 1. The van der Waals surface area contributed by atoms with Crippen molar-refractivity contribution in [2.45, 2.75) is 11.3 Å². The molecule has 60 valence electrons. The first-order valence-corrected chi connectivity index (χ1v) is 3.88. The van der Waals surface area contributed by atoms with E-state index in [9.17, 15) is 10.1 Å². The Morgan fingerprint density at radius 3 is 2.73 bits per heavy atom. The second-order valence-corrected chi connectivity index (χ2v) is 3.68. The molecule has 0 saturated heterocycles. The van der Waals surface area contributed by atoms with Crippen molar-refractivity contribution in [3.05, 3.63) is 33.2 Å². The SMILES string of the molecule is O=[N+]([O-])C1(S)C=CC=C(S)C1. The van der Waals surface area contributed by atoms with Crippen LogP contribution in [0.1, 0.15) is 6.42 Å². The quantitative estimate of drug-likeness (QED) is 0.285. The van der Waals surface area contributed by atoms with Crippen molar-refractivity contribution >= 4 is 25.3 Å². The molecule has 1 unspecified atom stereocenters. The van der Waals surface area contributed by atoms with Gasteiger partial charge in [-0.15, -0.1) is 12.6 Å². The van der Waals surface area contributed by atoms with Crippen LogP contribution < -0.4 is 0 Å². The van der Waals surface area contributed by atoms with Gasteiger partial charge in [-0.05, 0) is 4.91 Å². The fraction of sp³-hybridized carbons (Fsp3) is 0.333. The van der Waals surface area contributed by atoms with Gasteiger partial charge in [-0.1, -0.05) is 24.8 Å². The summed E-state index contributed by atoms with van der Waals surface area (Å²) in [4.78, 5) is 9.44. The summed E-state index contributed by atoms with van der Waals surface area (Å²) >= 11 is 7.95. The molecule has 11 heavy (non-hydrogen) atoms. The maximum absolute atomic E-state index is 10.4. The second kappa shape index (κ2) is 2.91. The zero-order valence-electron chi connectivity index (χ0n) is 5.60. The Kier molecular flexibility index (Phi) is 2.29. The van der Waals surface area contributed by atoms with E-state index < -0.39 is 9.79 Å². The molecule has 0 bridgehead atoms. The molecule has 0 aromatic heterocycles. The van der Waals surface area contributed by atoms with Crippen molar-refractivity contribution in [2.24, 2.45) is 0 Å². The first-order valence-electron chi connectivity index (χ1n) is 2.99. The summed E-state index contributed by atoms with van der Waals surface area (Å²) in [6.07, 6.45) is 5.03. The molecule has 0 N–H and O–H groups in total. The average molecular weight is 189 g/mol. The van der Waals surface area contributed by atoms with Crippen LogP contribution in [0, 0.1) is 10.1 Å². The van der Waals surface area contributed by atoms with Crippen LogP contribution >= 0.6 is 25.3 Å². The van der Waals surface area contributed by atoms with E-state index in [2.05, 4.69) is 25.3 Å². The minimum absolute atomic E-state index is 0.253. The predicted octanol–water partition coefficient (Wildman–Crippen LogP) is 1.66. The fourth-order valence-electron chi connectivity index (χ4n) is 0.823. The van der Waals surface area contributed by atoms with Gasteiger partial charge >= 0.3 is 0 Å². The molecular formula is C6H7NO2S2. The van der Waals surface area contributed by atoms with E-state index in [-0.39, 0.29) is 6.42 Å². The third-order valence-corrected chi connectivity index (χ3v) is 2.19. The first kappa shape index (κ1) is 8.67. The topological polar surface area (TPSA) is 43.1 Å². The summed E-state index contributed by atoms with van der Waals surface area (Å²) in [6, 6.07) is 0. The second-order valence-electron chi connectivity index (χ2n) is 2.33. The lowest BCUT2D eigenvalue weighted by atomic mass is 10.1. The third-order valence-electron chi connectivity index (χ3n) is 1.41. The highest BCUT2D eigenvalue weighted by molar-refractivity contribution is 7.84. The van der Waals surface area contributed by atoms with Crippen molar-refractivity contribution in [1.82, 2.24) is 0 Å². The van der Waals surface area contributed by atoms with Gasteiger partial charge in [0.25, 0.3) is 4.87 Å². The van der Waals surface area contributed by atoms with E-state index >= 15 is 0 Å². The molecule has 0 fully saturated rings. The number of thiol groups is 2. The molecular weight excluding hydrogens is 182 g/mol. The predicted molar refractivity (Wildman–Crippen MR) is 49.5 cm³/mol. The largest absolute Gasteiger partial charge is 0.287 e. The van der Waals surface area contributed by atoms with Gasteiger partial charge in [-0.3, -0.25) is 10.1 Å². The van der Waals surface area contributed by atoms with Crippen LogP contribution in [0.4, 0.5) is 0 Å². The molecule has 1 rings (SSSR count). The maximum Gasteiger partial charge on any atom is 0.287 e. The standard InChI is InChI=1S/C6H7NO2S2/c8-7(9)6(11)3-1-2-5(10)4-6/h1-3,10-11H,4H2. The zero-order chi connectivity index (χ0) is 8.48. The lowest BCUT2D eigenvalue weighted by molar-refractivity contribution is -0.523. The van der Waals surface area contributed by atoms with Crippen LogP contribution in [0.2, 0.25) is 0 Å². The molecule has 1 atom stereocenters. The Hall–Kier alpha value is -0.420. The third kappa shape index (κ3) is 1.78. The molecule has 0 spiro atoms. The smallest absolute Gasteiger partial charge is 0.263 e. The summed E-state index contributed by atoms with van der Waals surface area (Å²) < 4.78 is 0. The van der Waals surface area contributed by atoms with Gasteiger partial charge in [0.2, 0.25) is 0 Å². The van der Waals surface area contributed by atoms with Crippen molar-refractivity contribution in [3.8, 4) is 0 Å². The van der Waals surface area contributed by atoms with Crippen molar-refractivity contribution in [3.63, 3.8) is 0 Å². The molecule has 0 amide bonds. The zero-order valence-corrected chi connectivity index (χ0v) is 7.39. The van der Waals surface area contributed by atoms with Gasteiger partial charge < -0.3 is 0 Å². The fourth-order valence-corrected chi connectivity index (χ4v) is 1.53. The van der Waals surface area contributed by atoms with Crippen LogP contribution in [-0.4, -0.2) is 9.79 Å². The van der Waals surface area contributed by atoms with E-state index in [0.29, 0.717) is 4.91 Å². The van der Waals surface area contributed by atoms with Gasteiger partial charge in [-0.25, -0.2) is 0 Å². The molecule has 1 aliphatic rings. The highest BCUT2D eigenvalue weighted by Gasteiger charge is 2.36. The van der Waals surface area contributed by atoms with Crippen molar-refractivity contribution in [2.75, 3.05) is 0 Å². The number of hydrogen-bond acceptors (Lipinski definition) is 4. The summed E-state index contributed by atoms with van der Waals surface area (Å²) in [7, 11) is 0. The lowest BCUT2D eigenvalue weighted by Gasteiger charge is -2.17. The summed E-state index contributed by atoms with van der Waals surface area (Å²) in [6.45, 7) is 0. The molecule has 0 aromatic carbocycles. The minimum atomic E-state index is -1.26. The Morgan fingerprint density at radius 1 is 1.73 bits per heavy atom. The van der Waals surface area contributed by atoms with E-state index in [1.165, 1.54) is 6.08 Å². The van der Waals surface area contributed by atoms with Crippen molar-refractivity contribution < 1.29 is 4.92 Å². The molecule has 0 heterocycles. The van der Waals surface area contributed by atoms with Crippen LogP contribution in [0.3, 0.4) is 0 Å². The number of hydrogen-bond donors (Lipinski definition) is 2. The van der Waals surface area contributed by atoms with Crippen LogP contribution in [0.15, 0.2) is 23.1 Å². The van der Waals surface area contributed by atoms with Gasteiger partial charge in [0.1, 0.15) is 0 Å². The van der Waals surface area contributed by atoms with Crippen LogP contribution in [-0.2, 0) is 0 Å². The molecule has 0 aliphatic heterocycles. The summed E-state index contributed by atoms with van der Waals surface area (Å²) in [5, 5.41) is 10.4. The van der Waals surface area contributed by atoms with E-state index in [1.807, 2.05) is 0 Å². The minimum Gasteiger partial charge on any atom is -0.263 e. The Bertz CT molecular complexity index is 249. The molecule has 3 nitrogen and oxygen atoms in total. The molecule has 0 saturated carbocycles. The monoisotopic (exact) mass is 189 g/mol. The molecule has 5 heteroatoms. The first-order chi connectivity index (χ1) is 5.04. The Labute approximate surface area is 75.1 Å². The summed E-state index contributed by atoms with van der Waals surface area (Å²) in [5.41, 5.74) is 0. The van der Waals surface area contributed by atoms with Crippen LogP contribution in [0.25, 0.3) is 0 Å². The Balaban J connectivity index is 2.86. The van der Waals surface area contributed by atoms with Gasteiger partial charge in [0, 0.05) is 11.0 Å². The highest BCUT2D eigenvalue weighted by Crippen LogP contribution is 2.30. The maximum atomic E-state index is 10.4. The van der Waals surface area contributed by atoms with Gasteiger partial charge in [0.05, 0.1) is 6.42 Å².